The van der Waals surface area contributed by atoms with Gasteiger partial charge in [-0.05, 0) is 91.4 Å². The van der Waals surface area contributed by atoms with Crippen LogP contribution in [0.5, 0.6) is 0 Å². The van der Waals surface area contributed by atoms with Crippen LogP contribution in [0, 0.1) is 11.8 Å². The van der Waals surface area contributed by atoms with Gasteiger partial charge in [-0.15, -0.1) is 0 Å². The fourth-order valence-electron chi connectivity index (χ4n) is 5.75. The van der Waals surface area contributed by atoms with E-state index in [1.54, 1.807) is 46.1 Å². The van der Waals surface area contributed by atoms with Crippen molar-refractivity contribution >= 4 is 92.1 Å². The van der Waals surface area contributed by atoms with Crippen molar-refractivity contribution in [3.05, 3.63) is 0 Å². The van der Waals surface area contributed by atoms with Crippen LogP contribution in [0.2, 0.25) is 0 Å². The molecule has 8 atom stereocenters. The van der Waals surface area contributed by atoms with Gasteiger partial charge < -0.3 is 69.8 Å². The number of thioether (sulfide) groups is 4. The van der Waals surface area contributed by atoms with Crippen molar-refractivity contribution in [1.82, 2.24) is 47.9 Å². The van der Waals surface area contributed by atoms with Gasteiger partial charge in [-0.1, -0.05) is 70.1 Å². The number of amides is 3. The van der Waals surface area contributed by atoms with E-state index in [1.165, 1.54) is 0 Å². The summed E-state index contributed by atoms with van der Waals surface area (Å²) in [7, 11) is 11.0. The summed E-state index contributed by atoms with van der Waals surface area (Å²) in [4.78, 5) is 45.9. The standard InChI is InChI=1S/C10H23N3OS2.C10H24N2O.C9H19NO.C8H17N3OS2.C8H19N3OS2/c1-11-6-8(15-3)5-9(16-4)10(14)13-7-12-2;1-9(2)11-5-7-13-8-6-12-10(3)4;1-4-9(11)8(3)5-7(2)6-10;1-9-4-6-3-7(14-13-6)8(12)11-5-10-2;1-13-6(4-9)3-7(14-2)8(12)11-5-10/h8-9,11-12H,5-7H2,1-4H3,(H,13,14);9-12H,5-8H2,1-4H3;7-8H,4-6,10H2,1-3H3;6-7,9-10H,3-5H2,1-2H3,(H,11,12);6-7H,3-5,9-10H2,1-2H3,(H,11,12). The third-order valence-corrected chi connectivity index (χ3v) is 17.0. The summed E-state index contributed by atoms with van der Waals surface area (Å²) >= 11 is 6.67. The van der Waals surface area contributed by atoms with Crippen molar-refractivity contribution in [3.8, 4) is 0 Å². The fourth-order valence-corrected chi connectivity index (χ4v) is 11.9. The number of nitrogens with one attached hydrogen (secondary N) is 9. The molecule has 408 valence electrons. The van der Waals surface area contributed by atoms with Crippen LogP contribution in [-0.2, 0) is 23.9 Å². The van der Waals surface area contributed by atoms with E-state index in [-0.39, 0.29) is 46.1 Å². The van der Waals surface area contributed by atoms with Crippen molar-refractivity contribution in [1.29, 1.82) is 0 Å². The molecule has 0 aromatic rings. The molecule has 1 aliphatic heterocycles. The molecule has 0 spiro atoms. The lowest BCUT2D eigenvalue weighted by atomic mass is 9.93. The lowest BCUT2D eigenvalue weighted by Gasteiger charge is -2.20. The Hall–Kier alpha value is -0.220. The molecule has 23 heteroatoms. The largest absolute Gasteiger partial charge is 0.379 e. The summed E-state index contributed by atoms with van der Waals surface area (Å²) in [5, 5.41) is 28.5. The molecule has 17 nitrogen and oxygen atoms in total. The van der Waals surface area contributed by atoms with Crippen molar-refractivity contribution < 1.29 is 23.9 Å². The molecule has 1 rings (SSSR count). The van der Waals surface area contributed by atoms with Gasteiger partial charge in [0.25, 0.3) is 0 Å². The van der Waals surface area contributed by atoms with Crippen molar-refractivity contribution in [3.63, 3.8) is 0 Å². The molecule has 0 saturated carbocycles. The van der Waals surface area contributed by atoms with E-state index in [9.17, 15) is 19.2 Å². The van der Waals surface area contributed by atoms with Gasteiger partial charge in [0.2, 0.25) is 17.7 Å². The maximum atomic E-state index is 11.8. The number of hydrogen-bond acceptors (Lipinski definition) is 20. The Balaban J connectivity index is -0.000000378. The predicted molar refractivity (Wildman–Crippen MR) is 308 cm³/mol. The Morgan fingerprint density at radius 3 is 1.57 bits per heavy atom. The van der Waals surface area contributed by atoms with Crippen LogP contribution >= 0.6 is 68.6 Å². The predicted octanol–water partition coefficient (Wildman–Crippen LogP) is 2.79. The van der Waals surface area contributed by atoms with E-state index in [0.717, 1.165) is 65.1 Å². The zero-order valence-electron chi connectivity index (χ0n) is 44.8. The Kier molecular flexibility index (Phi) is 58.0. The molecule has 0 bridgehead atoms. The van der Waals surface area contributed by atoms with E-state index in [4.69, 9.17) is 21.9 Å². The van der Waals surface area contributed by atoms with Gasteiger partial charge >= 0.3 is 0 Å². The minimum absolute atomic E-state index is 0.00694. The van der Waals surface area contributed by atoms with Crippen LogP contribution in [0.1, 0.15) is 80.6 Å². The lowest BCUT2D eigenvalue weighted by molar-refractivity contribution is -0.123. The number of rotatable bonds is 34. The average Bonchev–Trinajstić information content (AvgIpc) is 3.80. The molecule has 0 radical (unpaired) electrons. The molecule has 0 aromatic carbocycles. The molecular formula is C45H102N12O5S6. The van der Waals surface area contributed by atoms with Gasteiger partial charge in [0.15, 0.2) is 0 Å². The minimum Gasteiger partial charge on any atom is -0.379 e. The topological polar surface area (TPSA) is 264 Å². The lowest BCUT2D eigenvalue weighted by Crippen LogP contribution is -2.39. The molecule has 15 N–H and O–H groups in total. The summed E-state index contributed by atoms with van der Waals surface area (Å²) in [6.45, 7) is 22.5. The molecule has 1 aliphatic rings. The number of carbonyl (C=O) groups excluding carboxylic acids is 4. The third kappa shape index (κ3) is 45.6. The molecule has 68 heavy (non-hydrogen) atoms. The van der Waals surface area contributed by atoms with Gasteiger partial charge in [-0.3, -0.25) is 19.2 Å². The molecular weight excluding hydrogens is 981 g/mol. The van der Waals surface area contributed by atoms with Crippen LogP contribution in [0.3, 0.4) is 0 Å². The summed E-state index contributed by atoms with van der Waals surface area (Å²) in [5.41, 5.74) is 16.3. The van der Waals surface area contributed by atoms with Gasteiger partial charge in [0.05, 0.1) is 49.0 Å². The van der Waals surface area contributed by atoms with Crippen molar-refractivity contribution in [2.24, 2.45) is 29.0 Å². The molecule has 0 aliphatic carbocycles. The SMILES string of the molecule is CC(C)NCCOCCNC(C)C.CCC(=O)C(C)CC(C)CN.CNCNC(=O)C(CC(CNC)SC)SC.CNCNC(=O)C1CC(CNC)SS1.CSC(CN)CC(SC)C(=O)NCN. The van der Waals surface area contributed by atoms with E-state index < -0.39 is 0 Å². The van der Waals surface area contributed by atoms with E-state index in [1.807, 2.05) is 83.4 Å². The number of hydrogen-bond donors (Lipinski definition) is 12. The Bertz CT molecular complexity index is 1170. The first-order valence-corrected chi connectivity index (χ1v) is 31.3. The maximum Gasteiger partial charge on any atom is 0.235 e. The van der Waals surface area contributed by atoms with Crippen LogP contribution in [0.25, 0.3) is 0 Å². The number of ether oxygens (including phenoxy) is 1. The first kappa shape index (κ1) is 74.3. The summed E-state index contributed by atoms with van der Waals surface area (Å²) in [6, 6.07) is 1.11. The third-order valence-electron chi connectivity index (χ3n) is 9.79. The molecule has 1 saturated heterocycles. The Morgan fingerprint density at radius 2 is 1.16 bits per heavy atom. The van der Waals surface area contributed by atoms with E-state index in [2.05, 4.69) is 88.7 Å². The Morgan fingerprint density at radius 1 is 0.647 bits per heavy atom. The minimum atomic E-state index is -0.0421. The summed E-state index contributed by atoms with van der Waals surface area (Å²) in [6.07, 6.45) is 12.3. The van der Waals surface area contributed by atoms with Crippen LogP contribution in [0.4, 0.5) is 0 Å². The Labute approximate surface area is 440 Å². The zero-order valence-corrected chi connectivity index (χ0v) is 49.7. The van der Waals surface area contributed by atoms with Crippen LogP contribution in [-0.4, -0.2) is 193 Å². The highest BCUT2D eigenvalue weighted by molar-refractivity contribution is 8.77. The highest BCUT2D eigenvalue weighted by atomic mass is 33.1. The highest BCUT2D eigenvalue weighted by Crippen LogP contribution is 2.43. The second kappa shape index (κ2) is 53.1. The van der Waals surface area contributed by atoms with Crippen LogP contribution in [0.15, 0.2) is 0 Å². The molecule has 1 heterocycles. The normalized spacial score (nSPS) is 16.7. The van der Waals surface area contributed by atoms with Gasteiger partial charge in [0, 0.05) is 72.9 Å². The number of Topliss-reactive ketones (excluding diaryl/α,β-unsaturated/α-hetero) is 1. The quantitative estimate of drug-likeness (QED) is 0.0251. The maximum absolute atomic E-state index is 11.8. The van der Waals surface area contributed by atoms with Crippen LogP contribution < -0.4 is 65.1 Å². The van der Waals surface area contributed by atoms with Gasteiger partial charge in [-0.2, -0.15) is 47.0 Å². The fraction of sp³-hybridized carbons (Fsp3) is 0.911. The molecule has 3 amide bonds. The van der Waals surface area contributed by atoms with Gasteiger partial charge in [-0.25, -0.2) is 0 Å². The van der Waals surface area contributed by atoms with E-state index >= 15 is 0 Å². The molecule has 0 aromatic heterocycles. The number of nitrogens with two attached hydrogens (primary N) is 3. The second-order valence-electron chi connectivity index (χ2n) is 16.5. The molecule has 8 unspecified atom stereocenters. The number of carbonyl (C=O) groups is 4. The zero-order chi connectivity index (χ0) is 52.7. The first-order chi connectivity index (χ1) is 32.4. The van der Waals surface area contributed by atoms with E-state index in [0.29, 0.717) is 72.4 Å². The monoisotopic (exact) mass is 1080 g/mol. The summed E-state index contributed by atoms with van der Waals surface area (Å²) in [5.74, 6) is 1.30. The first-order valence-electron chi connectivity index (χ1n) is 23.9. The summed E-state index contributed by atoms with van der Waals surface area (Å²) < 4.78 is 5.41. The average molecular weight is 1080 g/mol. The number of ketones is 1. The van der Waals surface area contributed by atoms with Crippen molar-refractivity contribution in [2.75, 3.05) is 126 Å². The second-order valence-corrected chi connectivity index (χ2v) is 23.7. The van der Waals surface area contributed by atoms with Crippen molar-refractivity contribution in [2.45, 2.75) is 124 Å². The van der Waals surface area contributed by atoms with Gasteiger partial charge in [0.1, 0.15) is 5.78 Å². The smallest absolute Gasteiger partial charge is 0.235 e. The molecule has 1 fully saturated rings. The highest BCUT2D eigenvalue weighted by Gasteiger charge is 2.31.